The lowest BCUT2D eigenvalue weighted by molar-refractivity contribution is -0.139. The number of aromatic nitrogens is 1. The highest BCUT2D eigenvalue weighted by atomic mass is 19.4. The van der Waals surface area contributed by atoms with Gasteiger partial charge in [-0.2, -0.15) is 13.2 Å². The van der Waals surface area contributed by atoms with Crippen LogP contribution in [0.4, 0.5) is 13.2 Å². The maximum Gasteiger partial charge on any atom is 0.417 e. The largest absolute Gasteiger partial charge is 0.481 e. The van der Waals surface area contributed by atoms with Crippen molar-refractivity contribution in [3.05, 3.63) is 29.6 Å². The lowest BCUT2D eigenvalue weighted by Gasteiger charge is -2.31. The molecule has 1 aromatic heterocycles. The zero-order valence-corrected chi connectivity index (χ0v) is 11.6. The summed E-state index contributed by atoms with van der Waals surface area (Å²) < 4.78 is 37.3. The monoisotopic (exact) mass is 316 g/mol. The van der Waals surface area contributed by atoms with Crippen molar-refractivity contribution in [3.8, 4) is 0 Å². The second kappa shape index (κ2) is 6.33. The highest BCUT2D eigenvalue weighted by Crippen LogP contribution is 2.28. The van der Waals surface area contributed by atoms with Crippen LogP contribution >= 0.6 is 0 Å². The van der Waals surface area contributed by atoms with Crippen LogP contribution in [0.1, 0.15) is 35.3 Å². The topological polar surface area (TPSA) is 70.5 Å². The molecule has 0 unspecified atom stereocenters. The highest BCUT2D eigenvalue weighted by Gasteiger charge is 2.31. The van der Waals surface area contributed by atoms with E-state index in [1.54, 1.807) is 0 Å². The summed E-state index contributed by atoms with van der Waals surface area (Å²) in [6.07, 6.45) is -2.63. The quantitative estimate of drug-likeness (QED) is 0.930. The number of piperidine rings is 1. The average molecular weight is 316 g/mol. The molecule has 0 aliphatic carbocycles. The molecule has 1 fully saturated rings. The zero-order chi connectivity index (χ0) is 16.3. The van der Waals surface area contributed by atoms with E-state index >= 15 is 0 Å². The number of carbonyl (C=O) groups excluding carboxylic acids is 1. The molecule has 120 valence electrons. The smallest absolute Gasteiger partial charge is 0.417 e. The van der Waals surface area contributed by atoms with Crippen LogP contribution in [0.15, 0.2) is 18.3 Å². The fraction of sp³-hybridized carbons (Fsp3) is 0.500. The van der Waals surface area contributed by atoms with E-state index in [1.807, 2.05) is 0 Å². The van der Waals surface area contributed by atoms with Gasteiger partial charge in [0.2, 0.25) is 0 Å². The molecular weight excluding hydrogens is 301 g/mol. The standard InChI is InChI=1S/C14H15F3N2O3/c15-14(16,17)10-1-2-11(18-8-10)13(22)19-5-3-9(4-6-19)7-12(20)21/h1-2,8-9H,3-7H2,(H,20,21). The normalized spacial score (nSPS) is 16.6. The minimum atomic E-state index is -4.48. The molecule has 0 atom stereocenters. The number of likely N-dealkylation sites (tertiary alicyclic amines) is 1. The van der Waals surface area contributed by atoms with Gasteiger partial charge >= 0.3 is 12.1 Å². The number of halogens is 3. The highest BCUT2D eigenvalue weighted by molar-refractivity contribution is 5.92. The molecule has 0 spiro atoms. The Morgan fingerprint density at radius 2 is 1.91 bits per heavy atom. The third-order valence-corrected chi connectivity index (χ3v) is 3.67. The van der Waals surface area contributed by atoms with Crippen LogP contribution in [-0.4, -0.2) is 40.0 Å². The number of pyridine rings is 1. The van der Waals surface area contributed by atoms with Crippen molar-refractivity contribution in [1.82, 2.24) is 9.88 Å². The number of hydrogen-bond donors (Lipinski definition) is 1. The molecule has 1 amide bonds. The van der Waals surface area contributed by atoms with Gasteiger partial charge < -0.3 is 10.0 Å². The SMILES string of the molecule is O=C(O)CC1CCN(C(=O)c2ccc(C(F)(F)F)cn2)CC1. The molecule has 1 aliphatic rings. The Hall–Kier alpha value is -2.12. The number of amides is 1. The van der Waals surface area contributed by atoms with Crippen LogP contribution in [0.25, 0.3) is 0 Å². The lowest BCUT2D eigenvalue weighted by atomic mass is 9.93. The Kier molecular flexibility index (Phi) is 4.68. The van der Waals surface area contributed by atoms with E-state index < -0.39 is 23.6 Å². The molecule has 2 heterocycles. The van der Waals surface area contributed by atoms with Gasteiger partial charge in [-0.1, -0.05) is 0 Å². The summed E-state index contributed by atoms with van der Waals surface area (Å²) in [4.78, 5) is 27.9. The van der Waals surface area contributed by atoms with Crippen molar-refractivity contribution in [2.24, 2.45) is 5.92 Å². The van der Waals surface area contributed by atoms with Gasteiger partial charge in [0, 0.05) is 25.7 Å². The summed E-state index contributed by atoms with van der Waals surface area (Å²) in [7, 11) is 0. The van der Waals surface area contributed by atoms with E-state index in [0.717, 1.165) is 12.1 Å². The number of nitrogens with zero attached hydrogens (tertiary/aromatic N) is 2. The number of hydrogen-bond acceptors (Lipinski definition) is 3. The summed E-state index contributed by atoms with van der Waals surface area (Å²) in [5, 5.41) is 8.73. The van der Waals surface area contributed by atoms with Crippen LogP contribution in [0.3, 0.4) is 0 Å². The predicted molar refractivity (Wildman–Crippen MR) is 70.1 cm³/mol. The van der Waals surface area contributed by atoms with Crippen LogP contribution in [0, 0.1) is 5.92 Å². The minimum Gasteiger partial charge on any atom is -0.481 e. The maximum atomic E-state index is 12.4. The molecule has 1 saturated heterocycles. The van der Waals surface area contributed by atoms with Crippen LogP contribution < -0.4 is 0 Å². The Bertz CT molecular complexity index is 549. The van der Waals surface area contributed by atoms with Crippen LogP contribution in [-0.2, 0) is 11.0 Å². The van der Waals surface area contributed by atoms with Gasteiger partial charge in [-0.3, -0.25) is 14.6 Å². The third kappa shape index (κ3) is 3.96. The molecule has 22 heavy (non-hydrogen) atoms. The second-order valence-corrected chi connectivity index (χ2v) is 5.26. The maximum absolute atomic E-state index is 12.4. The molecule has 0 radical (unpaired) electrons. The first-order valence-corrected chi connectivity index (χ1v) is 6.81. The van der Waals surface area contributed by atoms with Crippen molar-refractivity contribution >= 4 is 11.9 Å². The molecule has 2 rings (SSSR count). The van der Waals surface area contributed by atoms with Crippen molar-refractivity contribution in [2.75, 3.05) is 13.1 Å². The van der Waals surface area contributed by atoms with E-state index in [0.29, 0.717) is 32.1 Å². The summed E-state index contributed by atoms with van der Waals surface area (Å²) >= 11 is 0. The first-order valence-electron chi connectivity index (χ1n) is 6.81. The predicted octanol–water partition coefficient (Wildman–Crippen LogP) is 2.43. The molecule has 1 N–H and O–H groups in total. The molecular formula is C14H15F3N2O3. The fourth-order valence-corrected chi connectivity index (χ4v) is 2.44. The van der Waals surface area contributed by atoms with Crippen molar-refractivity contribution in [2.45, 2.75) is 25.4 Å². The number of carboxylic acids is 1. The third-order valence-electron chi connectivity index (χ3n) is 3.67. The van der Waals surface area contributed by atoms with Gasteiger partial charge in [-0.15, -0.1) is 0 Å². The number of carboxylic acid groups (broad SMARTS) is 1. The Labute approximate surface area is 124 Å². The van der Waals surface area contributed by atoms with Gasteiger partial charge in [0.05, 0.1) is 5.56 Å². The number of alkyl halides is 3. The Balaban J connectivity index is 1.97. The zero-order valence-electron chi connectivity index (χ0n) is 11.6. The summed E-state index contributed by atoms with van der Waals surface area (Å²) in [6, 6.07) is 1.89. The van der Waals surface area contributed by atoms with E-state index in [1.165, 1.54) is 4.90 Å². The molecule has 0 saturated carbocycles. The molecule has 0 aromatic carbocycles. The summed E-state index contributed by atoms with van der Waals surface area (Å²) in [5.41, 5.74) is -0.936. The molecule has 5 nitrogen and oxygen atoms in total. The second-order valence-electron chi connectivity index (χ2n) is 5.26. The Morgan fingerprint density at radius 3 is 2.36 bits per heavy atom. The number of aliphatic carboxylic acids is 1. The minimum absolute atomic E-state index is 0.0297. The van der Waals surface area contributed by atoms with Crippen LogP contribution in [0.5, 0.6) is 0 Å². The van der Waals surface area contributed by atoms with Crippen molar-refractivity contribution in [1.29, 1.82) is 0 Å². The first kappa shape index (κ1) is 16.3. The van der Waals surface area contributed by atoms with Crippen molar-refractivity contribution in [3.63, 3.8) is 0 Å². The van der Waals surface area contributed by atoms with E-state index in [4.69, 9.17) is 5.11 Å². The van der Waals surface area contributed by atoms with E-state index in [9.17, 15) is 22.8 Å². The molecule has 1 aromatic rings. The van der Waals surface area contributed by atoms with Crippen molar-refractivity contribution < 1.29 is 27.9 Å². The summed E-state index contributed by atoms with van der Waals surface area (Å²) in [5.74, 6) is -1.27. The van der Waals surface area contributed by atoms with Gasteiger partial charge in [0.1, 0.15) is 5.69 Å². The van der Waals surface area contributed by atoms with Gasteiger partial charge in [0.15, 0.2) is 0 Å². The fourth-order valence-electron chi connectivity index (χ4n) is 2.44. The van der Waals surface area contributed by atoms with E-state index in [2.05, 4.69) is 4.98 Å². The lowest BCUT2D eigenvalue weighted by Crippen LogP contribution is -2.39. The molecule has 1 aliphatic heterocycles. The first-order chi connectivity index (χ1) is 10.3. The average Bonchev–Trinajstić information content (AvgIpc) is 2.46. The number of carbonyl (C=O) groups is 2. The number of rotatable bonds is 3. The molecule has 0 bridgehead atoms. The Morgan fingerprint density at radius 1 is 1.27 bits per heavy atom. The van der Waals surface area contributed by atoms with Crippen LogP contribution in [0.2, 0.25) is 0 Å². The van der Waals surface area contributed by atoms with E-state index in [-0.39, 0.29) is 18.0 Å². The van der Waals surface area contributed by atoms with Gasteiger partial charge in [-0.25, -0.2) is 0 Å². The molecule has 8 heteroatoms. The summed E-state index contributed by atoms with van der Waals surface area (Å²) in [6.45, 7) is 0.777. The van der Waals surface area contributed by atoms with Gasteiger partial charge in [-0.05, 0) is 30.9 Å². The van der Waals surface area contributed by atoms with Gasteiger partial charge in [0.25, 0.3) is 5.91 Å².